The Bertz CT molecular complexity index is 569. The Hall–Kier alpha value is -1.59. The molecule has 1 aromatic heterocycles. The number of hydrogen-bond donors (Lipinski definition) is 1. The third-order valence-corrected chi connectivity index (χ3v) is 4.02. The van der Waals surface area contributed by atoms with Gasteiger partial charge in [-0.2, -0.15) is 0 Å². The largest absolute Gasteiger partial charge is 0.493 e. The van der Waals surface area contributed by atoms with Gasteiger partial charge in [0, 0.05) is 17.0 Å². The summed E-state index contributed by atoms with van der Waals surface area (Å²) in [5, 5.41) is 6.45. The highest BCUT2D eigenvalue weighted by Crippen LogP contribution is 2.34. The quantitative estimate of drug-likeness (QED) is 0.885. The summed E-state index contributed by atoms with van der Waals surface area (Å²) < 4.78 is 10.6. The molecule has 0 amide bonds. The van der Waals surface area contributed by atoms with E-state index in [0.29, 0.717) is 0 Å². The zero-order chi connectivity index (χ0) is 14.5. The molecule has 0 radical (unpaired) electrons. The molecule has 0 aliphatic rings. The van der Waals surface area contributed by atoms with Crippen LogP contribution in [0.15, 0.2) is 23.6 Å². The van der Waals surface area contributed by atoms with Crippen molar-refractivity contribution in [3.63, 3.8) is 0 Å². The number of thiazole rings is 1. The second kappa shape index (κ2) is 6.72. The van der Waals surface area contributed by atoms with Crippen LogP contribution in [0, 0.1) is 0 Å². The number of ether oxygens (including phenoxy) is 2. The van der Waals surface area contributed by atoms with Crippen molar-refractivity contribution >= 4 is 11.3 Å². The summed E-state index contributed by atoms with van der Waals surface area (Å²) in [6, 6.07) is 6.13. The molecule has 1 aromatic carbocycles. The Kier molecular flexibility index (Phi) is 4.98. The normalized spacial score (nSPS) is 12.2. The zero-order valence-corrected chi connectivity index (χ0v) is 13.1. The maximum Gasteiger partial charge on any atom is 0.161 e. The Morgan fingerprint density at radius 1 is 1.25 bits per heavy atom. The Balaban J connectivity index is 2.28. The minimum atomic E-state index is 0.269. The first-order valence-electron chi connectivity index (χ1n) is 6.60. The van der Waals surface area contributed by atoms with Gasteiger partial charge in [0.05, 0.1) is 19.9 Å². The van der Waals surface area contributed by atoms with Crippen LogP contribution in [0.4, 0.5) is 0 Å². The molecular formula is C15H20N2O2S. The van der Waals surface area contributed by atoms with E-state index in [1.807, 2.05) is 18.2 Å². The number of benzene rings is 1. The summed E-state index contributed by atoms with van der Waals surface area (Å²) in [7, 11) is 3.28. The van der Waals surface area contributed by atoms with Crippen molar-refractivity contribution in [2.75, 3.05) is 20.8 Å². The molecule has 1 N–H and O–H groups in total. The van der Waals surface area contributed by atoms with Crippen molar-refractivity contribution in [1.29, 1.82) is 0 Å². The summed E-state index contributed by atoms with van der Waals surface area (Å²) in [6.45, 7) is 5.15. The minimum absolute atomic E-state index is 0.269. The molecule has 5 heteroatoms. The highest BCUT2D eigenvalue weighted by atomic mass is 32.1. The fraction of sp³-hybridized carbons (Fsp3) is 0.400. The second-order valence-electron chi connectivity index (χ2n) is 4.43. The first kappa shape index (κ1) is 14.8. The molecule has 1 heterocycles. The van der Waals surface area contributed by atoms with Crippen molar-refractivity contribution in [2.45, 2.75) is 19.9 Å². The van der Waals surface area contributed by atoms with Crippen LogP contribution in [-0.2, 0) is 0 Å². The van der Waals surface area contributed by atoms with E-state index < -0.39 is 0 Å². The van der Waals surface area contributed by atoms with Crippen LogP contribution in [-0.4, -0.2) is 25.7 Å². The highest BCUT2D eigenvalue weighted by Gasteiger charge is 2.12. The number of aromatic nitrogens is 1. The van der Waals surface area contributed by atoms with Gasteiger partial charge in [0.2, 0.25) is 0 Å². The summed E-state index contributed by atoms with van der Waals surface area (Å²) in [6.07, 6.45) is 0. The Labute approximate surface area is 123 Å². The third kappa shape index (κ3) is 3.11. The molecule has 1 atom stereocenters. The van der Waals surface area contributed by atoms with Crippen molar-refractivity contribution < 1.29 is 9.47 Å². The molecule has 0 aliphatic heterocycles. The summed E-state index contributed by atoms with van der Waals surface area (Å²) in [5.74, 6) is 1.45. The van der Waals surface area contributed by atoms with Crippen LogP contribution in [0.5, 0.6) is 11.5 Å². The molecule has 1 unspecified atom stereocenters. The van der Waals surface area contributed by atoms with Gasteiger partial charge in [0.25, 0.3) is 0 Å². The van der Waals surface area contributed by atoms with Crippen LogP contribution in [0.2, 0.25) is 0 Å². The maximum atomic E-state index is 5.33. The lowest BCUT2D eigenvalue weighted by atomic mass is 10.2. The SMILES string of the molecule is CCNC(C)c1csc(-c2ccc(OC)c(OC)c2)n1. The lowest BCUT2D eigenvalue weighted by Crippen LogP contribution is -2.17. The fourth-order valence-corrected chi connectivity index (χ4v) is 2.91. The lowest BCUT2D eigenvalue weighted by molar-refractivity contribution is 0.355. The van der Waals surface area contributed by atoms with Gasteiger partial charge >= 0.3 is 0 Å². The average Bonchev–Trinajstić information content (AvgIpc) is 2.96. The van der Waals surface area contributed by atoms with Gasteiger partial charge in [-0.25, -0.2) is 4.98 Å². The first-order valence-corrected chi connectivity index (χ1v) is 7.48. The number of methoxy groups -OCH3 is 2. The summed E-state index contributed by atoms with van der Waals surface area (Å²) >= 11 is 1.64. The van der Waals surface area contributed by atoms with E-state index in [0.717, 1.165) is 34.3 Å². The van der Waals surface area contributed by atoms with Gasteiger partial charge in [-0.05, 0) is 31.7 Å². The first-order chi connectivity index (χ1) is 9.69. The lowest BCUT2D eigenvalue weighted by Gasteiger charge is -2.09. The zero-order valence-electron chi connectivity index (χ0n) is 12.3. The number of nitrogens with zero attached hydrogens (tertiary/aromatic N) is 1. The number of nitrogens with one attached hydrogen (secondary N) is 1. The molecule has 20 heavy (non-hydrogen) atoms. The average molecular weight is 292 g/mol. The van der Waals surface area contributed by atoms with E-state index >= 15 is 0 Å². The molecule has 0 aliphatic carbocycles. The smallest absolute Gasteiger partial charge is 0.161 e. The molecule has 0 spiro atoms. The molecule has 0 saturated heterocycles. The molecule has 0 saturated carbocycles. The van der Waals surface area contributed by atoms with E-state index in [-0.39, 0.29) is 6.04 Å². The molecule has 108 valence electrons. The third-order valence-electron chi connectivity index (χ3n) is 3.11. The monoisotopic (exact) mass is 292 g/mol. The van der Waals surface area contributed by atoms with Crippen LogP contribution in [0.1, 0.15) is 25.6 Å². The van der Waals surface area contributed by atoms with E-state index in [9.17, 15) is 0 Å². The summed E-state index contributed by atoms with van der Waals surface area (Å²) in [5.41, 5.74) is 2.12. The topological polar surface area (TPSA) is 43.4 Å². The van der Waals surface area contributed by atoms with Crippen LogP contribution < -0.4 is 14.8 Å². The van der Waals surface area contributed by atoms with E-state index in [4.69, 9.17) is 9.47 Å². The van der Waals surface area contributed by atoms with Crippen LogP contribution in [0.3, 0.4) is 0 Å². The number of hydrogen-bond acceptors (Lipinski definition) is 5. The molecule has 0 bridgehead atoms. The van der Waals surface area contributed by atoms with Gasteiger partial charge in [-0.3, -0.25) is 0 Å². The van der Waals surface area contributed by atoms with E-state index in [2.05, 4.69) is 29.5 Å². The van der Waals surface area contributed by atoms with Gasteiger partial charge in [0.15, 0.2) is 11.5 Å². The van der Waals surface area contributed by atoms with Crippen molar-refractivity contribution in [3.05, 3.63) is 29.3 Å². The molecule has 2 rings (SSSR count). The molecular weight excluding hydrogens is 272 g/mol. The van der Waals surface area contributed by atoms with Crippen molar-refractivity contribution in [3.8, 4) is 22.1 Å². The van der Waals surface area contributed by atoms with Crippen molar-refractivity contribution in [1.82, 2.24) is 10.3 Å². The fourth-order valence-electron chi connectivity index (χ4n) is 2.00. The van der Waals surface area contributed by atoms with Crippen LogP contribution >= 0.6 is 11.3 Å². The Morgan fingerprint density at radius 2 is 2.00 bits per heavy atom. The minimum Gasteiger partial charge on any atom is -0.493 e. The Morgan fingerprint density at radius 3 is 2.65 bits per heavy atom. The predicted octanol–water partition coefficient (Wildman–Crippen LogP) is 3.50. The van der Waals surface area contributed by atoms with Gasteiger partial charge < -0.3 is 14.8 Å². The maximum absolute atomic E-state index is 5.33. The molecule has 4 nitrogen and oxygen atoms in total. The molecule has 0 fully saturated rings. The van der Waals surface area contributed by atoms with Crippen molar-refractivity contribution in [2.24, 2.45) is 0 Å². The standard InChI is InChI=1S/C15H20N2O2S/c1-5-16-10(2)12-9-20-15(17-12)11-6-7-13(18-3)14(8-11)19-4/h6-10,16H,5H2,1-4H3. The molecule has 2 aromatic rings. The number of rotatable bonds is 6. The van der Waals surface area contributed by atoms with E-state index in [1.54, 1.807) is 25.6 Å². The van der Waals surface area contributed by atoms with Gasteiger partial charge in [0.1, 0.15) is 5.01 Å². The summed E-state index contributed by atoms with van der Waals surface area (Å²) in [4.78, 5) is 4.69. The van der Waals surface area contributed by atoms with Gasteiger partial charge in [-0.15, -0.1) is 11.3 Å². The van der Waals surface area contributed by atoms with E-state index in [1.165, 1.54) is 0 Å². The predicted molar refractivity (Wildman–Crippen MR) is 82.7 cm³/mol. The van der Waals surface area contributed by atoms with Crippen LogP contribution in [0.25, 0.3) is 10.6 Å². The second-order valence-corrected chi connectivity index (χ2v) is 5.28. The van der Waals surface area contributed by atoms with Gasteiger partial charge in [-0.1, -0.05) is 6.92 Å². The highest BCUT2D eigenvalue weighted by molar-refractivity contribution is 7.13.